The third kappa shape index (κ3) is 2.41. The molecule has 0 radical (unpaired) electrons. The number of hydrogen-bond donors (Lipinski definition) is 1. The lowest BCUT2D eigenvalue weighted by atomic mass is 10.1. The molecule has 20 heavy (non-hydrogen) atoms. The summed E-state index contributed by atoms with van der Waals surface area (Å²) in [7, 11) is 2.80. The molecule has 1 saturated heterocycles. The first-order chi connectivity index (χ1) is 9.60. The van der Waals surface area contributed by atoms with Crippen molar-refractivity contribution >= 4 is 17.6 Å². The third-order valence-electron chi connectivity index (χ3n) is 3.48. The maximum atomic E-state index is 12.6. The van der Waals surface area contributed by atoms with E-state index in [0.29, 0.717) is 30.0 Å². The van der Waals surface area contributed by atoms with E-state index < -0.39 is 12.0 Å². The van der Waals surface area contributed by atoms with Crippen LogP contribution in [0.4, 0.5) is 5.69 Å². The summed E-state index contributed by atoms with van der Waals surface area (Å²) in [5.41, 5.74) is 6.51. The van der Waals surface area contributed by atoms with Crippen LogP contribution in [0.1, 0.15) is 23.2 Å². The number of methoxy groups -OCH3 is 2. The van der Waals surface area contributed by atoms with Gasteiger partial charge in [0.2, 0.25) is 0 Å². The molecule has 1 unspecified atom stereocenters. The largest absolute Gasteiger partial charge is 0.496 e. The number of ether oxygens (including phenoxy) is 2. The minimum Gasteiger partial charge on any atom is -0.496 e. The monoisotopic (exact) mass is 278 g/mol. The number of nitrogens with two attached hydrogens (primary N) is 1. The minimum absolute atomic E-state index is 0.297. The molecule has 6 heteroatoms. The van der Waals surface area contributed by atoms with Crippen LogP contribution in [0.2, 0.25) is 0 Å². The van der Waals surface area contributed by atoms with Crippen molar-refractivity contribution in [2.45, 2.75) is 18.9 Å². The highest BCUT2D eigenvalue weighted by Crippen LogP contribution is 2.29. The summed E-state index contributed by atoms with van der Waals surface area (Å²) in [5.74, 6) is -0.289. The van der Waals surface area contributed by atoms with E-state index in [1.165, 1.54) is 19.1 Å². The number of amides is 1. The molecule has 0 bridgehead atoms. The fourth-order valence-electron chi connectivity index (χ4n) is 2.48. The van der Waals surface area contributed by atoms with Gasteiger partial charge in [-0.25, -0.2) is 4.79 Å². The van der Waals surface area contributed by atoms with E-state index in [1.807, 2.05) is 0 Å². The van der Waals surface area contributed by atoms with Crippen molar-refractivity contribution in [3.05, 3.63) is 23.8 Å². The number of esters is 1. The zero-order chi connectivity index (χ0) is 14.7. The van der Waals surface area contributed by atoms with Gasteiger partial charge in [-0.2, -0.15) is 0 Å². The zero-order valence-electron chi connectivity index (χ0n) is 11.6. The Morgan fingerprint density at radius 3 is 2.75 bits per heavy atom. The van der Waals surface area contributed by atoms with Crippen molar-refractivity contribution in [2.24, 2.45) is 0 Å². The lowest BCUT2D eigenvalue weighted by Crippen LogP contribution is -2.41. The molecule has 108 valence electrons. The van der Waals surface area contributed by atoms with Crippen molar-refractivity contribution in [3.8, 4) is 5.75 Å². The van der Waals surface area contributed by atoms with Crippen LogP contribution in [0.25, 0.3) is 0 Å². The van der Waals surface area contributed by atoms with Crippen LogP contribution < -0.4 is 10.5 Å². The van der Waals surface area contributed by atoms with Crippen molar-refractivity contribution in [2.75, 3.05) is 26.5 Å². The molecular weight excluding hydrogens is 260 g/mol. The molecule has 0 aromatic heterocycles. The van der Waals surface area contributed by atoms with Gasteiger partial charge in [0.05, 0.1) is 14.2 Å². The predicted octanol–water partition coefficient (Wildman–Crippen LogP) is 1.05. The van der Waals surface area contributed by atoms with E-state index >= 15 is 0 Å². The van der Waals surface area contributed by atoms with E-state index in [4.69, 9.17) is 15.2 Å². The van der Waals surface area contributed by atoms with E-state index in [0.717, 1.165) is 6.42 Å². The summed E-state index contributed by atoms with van der Waals surface area (Å²) in [6.45, 7) is 0.510. The van der Waals surface area contributed by atoms with Crippen molar-refractivity contribution in [1.29, 1.82) is 0 Å². The molecule has 2 rings (SSSR count). The maximum absolute atomic E-state index is 12.6. The second-order valence-corrected chi connectivity index (χ2v) is 4.60. The van der Waals surface area contributed by atoms with Gasteiger partial charge in [0, 0.05) is 12.2 Å². The first kappa shape index (κ1) is 14.2. The highest BCUT2D eigenvalue weighted by Gasteiger charge is 2.36. The summed E-state index contributed by atoms with van der Waals surface area (Å²) in [6.07, 6.45) is 1.37. The summed E-state index contributed by atoms with van der Waals surface area (Å²) in [6, 6.07) is 4.48. The molecule has 0 aliphatic carbocycles. The molecule has 0 spiro atoms. The quantitative estimate of drug-likeness (QED) is 0.660. The van der Waals surface area contributed by atoms with Gasteiger partial charge < -0.3 is 20.1 Å². The molecule has 1 fully saturated rings. The van der Waals surface area contributed by atoms with Crippen LogP contribution in [-0.4, -0.2) is 43.6 Å². The average molecular weight is 278 g/mol. The van der Waals surface area contributed by atoms with E-state index in [-0.39, 0.29) is 5.91 Å². The highest BCUT2D eigenvalue weighted by atomic mass is 16.5. The molecule has 1 aliphatic rings. The van der Waals surface area contributed by atoms with Gasteiger partial charge in [0.25, 0.3) is 5.91 Å². The zero-order valence-corrected chi connectivity index (χ0v) is 11.6. The average Bonchev–Trinajstić information content (AvgIpc) is 2.94. The van der Waals surface area contributed by atoms with E-state index in [2.05, 4.69) is 0 Å². The number of nitrogen functional groups attached to an aromatic ring is 1. The number of nitrogens with zero attached hydrogens (tertiary/aromatic N) is 1. The molecule has 1 aliphatic heterocycles. The van der Waals surface area contributed by atoms with E-state index in [9.17, 15) is 9.59 Å². The van der Waals surface area contributed by atoms with Crippen molar-refractivity contribution < 1.29 is 19.1 Å². The Balaban J connectivity index is 2.34. The van der Waals surface area contributed by atoms with Gasteiger partial charge in [-0.05, 0) is 25.0 Å². The summed E-state index contributed by atoms with van der Waals surface area (Å²) in [5, 5.41) is 0. The van der Waals surface area contributed by atoms with Crippen molar-refractivity contribution in [3.63, 3.8) is 0 Å². The fraction of sp³-hybridized carbons (Fsp3) is 0.429. The van der Waals surface area contributed by atoms with Crippen LogP contribution in [0.15, 0.2) is 18.2 Å². The SMILES string of the molecule is COC(=O)C1CCCN1C(=O)c1c(N)cccc1OC. The van der Waals surface area contributed by atoms with Crippen molar-refractivity contribution in [1.82, 2.24) is 4.90 Å². The summed E-state index contributed by atoms with van der Waals surface area (Å²) < 4.78 is 9.93. The number of anilines is 1. The van der Waals surface area contributed by atoms with Crippen LogP contribution in [0.5, 0.6) is 5.75 Å². The Labute approximate surface area is 117 Å². The molecule has 1 heterocycles. The third-order valence-corrected chi connectivity index (χ3v) is 3.48. The van der Waals surface area contributed by atoms with Crippen LogP contribution in [-0.2, 0) is 9.53 Å². The molecule has 2 N–H and O–H groups in total. The smallest absolute Gasteiger partial charge is 0.328 e. The number of likely N-dealkylation sites (tertiary alicyclic amines) is 1. The Morgan fingerprint density at radius 1 is 1.35 bits per heavy atom. The first-order valence-electron chi connectivity index (χ1n) is 6.41. The molecule has 1 amide bonds. The first-order valence-corrected chi connectivity index (χ1v) is 6.41. The van der Waals surface area contributed by atoms with Crippen LogP contribution in [0, 0.1) is 0 Å². The molecule has 1 aromatic rings. The molecule has 0 saturated carbocycles. The lowest BCUT2D eigenvalue weighted by Gasteiger charge is -2.24. The van der Waals surface area contributed by atoms with Gasteiger partial charge in [-0.15, -0.1) is 0 Å². The Kier molecular flexibility index (Phi) is 4.12. The van der Waals surface area contributed by atoms with Gasteiger partial charge >= 0.3 is 5.97 Å². The topological polar surface area (TPSA) is 81.9 Å². The molecular formula is C14H18N2O4. The summed E-state index contributed by atoms with van der Waals surface area (Å²) in [4.78, 5) is 25.9. The van der Waals surface area contributed by atoms with Crippen LogP contribution in [0.3, 0.4) is 0 Å². The Morgan fingerprint density at radius 2 is 2.10 bits per heavy atom. The van der Waals surface area contributed by atoms with E-state index in [1.54, 1.807) is 18.2 Å². The number of benzene rings is 1. The molecule has 1 aromatic carbocycles. The number of rotatable bonds is 3. The standard InChI is InChI=1S/C14H18N2O4/c1-19-11-7-3-5-9(15)12(11)13(17)16-8-4-6-10(16)14(18)20-2/h3,5,7,10H,4,6,8,15H2,1-2H3. The van der Waals surface area contributed by atoms with Gasteiger partial charge in [0.1, 0.15) is 17.4 Å². The highest BCUT2D eigenvalue weighted by molar-refractivity contribution is 6.03. The molecule has 1 atom stereocenters. The maximum Gasteiger partial charge on any atom is 0.328 e. The second-order valence-electron chi connectivity index (χ2n) is 4.60. The fourth-order valence-corrected chi connectivity index (χ4v) is 2.48. The minimum atomic E-state index is -0.545. The number of carbonyl (C=O) groups excluding carboxylic acids is 2. The summed E-state index contributed by atoms with van der Waals surface area (Å²) >= 11 is 0. The number of hydrogen-bond acceptors (Lipinski definition) is 5. The Hall–Kier alpha value is -2.24. The van der Waals surface area contributed by atoms with Gasteiger partial charge in [-0.1, -0.05) is 6.07 Å². The predicted molar refractivity (Wildman–Crippen MR) is 73.5 cm³/mol. The Bertz CT molecular complexity index is 530. The second kappa shape index (κ2) is 5.81. The lowest BCUT2D eigenvalue weighted by molar-refractivity contribution is -0.145. The molecule has 6 nitrogen and oxygen atoms in total. The number of carbonyl (C=O) groups is 2. The van der Waals surface area contributed by atoms with Gasteiger partial charge in [0.15, 0.2) is 0 Å². The normalized spacial score (nSPS) is 17.9. The van der Waals surface area contributed by atoms with Gasteiger partial charge in [-0.3, -0.25) is 4.79 Å². The van der Waals surface area contributed by atoms with Crippen LogP contribution >= 0.6 is 0 Å².